The normalized spacial score (nSPS) is 11.9. The third-order valence-corrected chi connectivity index (χ3v) is 6.19. The Bertz CT molecular complexity index is 1550. The molecule has 0 aliphatic carbocycles. The van der Waals surface area contributed by atoms with Gasteiger partial charge in [-0.2, -0.15) is 5.26 Å². The summed E-state index contributed by atoms with van der Waals surface area (Å²) in [5.41, 5.74) is 4.90. The van der Waals surface area contributed by atoms with Gasteiger partial charge in [0.05, 0.1) is 11.1 Å². The molecule has 0 atom stereocenters. The molecule has 0 radical (unpaired) electrons. The molecule has 0 saturated heterocycles. The van der Waals surface area contributed by atoms with Crippen LogP contribution in [0.3, 0.4) is 0 Å². The lowest BCUT2D eigenvalue weighted by Crippen LogP contribution is -2.15. The van der Waals surface area contributed by atoms with Gasteiger partial charge in [0.25, 0.3) is 0 Å². The number of aldehydes is 1. The number of pyridine rings is 1. The van der Waals surface area contributed by atoms with Crippen LogP contribution < -0.4 is 18.9 Å². The first-order valence-electron chi connectivity index (χ1n) is 11.9. The highest BCUT2D eigenvalue weighted by Crippen LogP contribution is 2.36. The van der Waals surface area contributed by atoms with E-state index in [9.17, 15) is 9.18 Å². The van der Waals surface area contributed by atoms with E-state index < -0.39 is 5.82 Å². The first-order valence-corrected chi connectivity index (χ1v) is 11.9. The van der Waals surface area contributed by atoms with Crippen molar-refractivity contribution < 1.29 is 28.1 Å². The highest BCUT2D eigenvalue weighted by Gasteiger charge is 2.16. The fraction of sp³-hybridized carbons (Fsp3) is 0.167. The zero-order valence-electron chi connectivity index (χ0n) is 20.6. The van der Waals surface area contributed by atoms with Gasteiger partial charge in [-0.25, -0.2) is 4.39 Å². The summed E-state index contributed by atoms with van der Waals surface area (Å²) in [6.07, 6.45) is 3.52. The van der Waals surface area contributed by atoms with Crippen LogP contribution in [-0.4, -0.2) is 24.5 Å². The number of carbonyl (C=O) groups excluding carboxylic acids is 1. The van der Waals surface area contributed by atoms with Gasteiger partial charge in [-0.3, -0.25) is 9.78 Å². The molecular weight excluding hydrogens is 487 g/mol. The smallest absolute Gasteiger partial charge is 0.166 e. The number of hydrogen-bond acceptors (Lipinski definition) is 7. The van der Waals surface area contributed by atoms with Crippen molar-refractivity contribution in [1.82, 2.24) is 4.98 Å². The van der Waals surface area contributed by atoms with Crippen molar-refractivity contribution >= 4 is 6.29 Å². The van der Waals surface area contributed by atoms with E-state index in [1.54, 1.807) is 12.3 Å². The Kier molecular flexibility index (Phi) is 7.18. The van der Waals surface area contributed by atoms with Crippen LogP contribution in [0.15, 0.2) is 67.0 Å². The molecule has 7 nitrogen and oxygen atoms in total. The molecule has 2 heterocycles. The van der Waals surface area contributed by atoms with Gasteiger partial charge >= 0.3 is 0 Å². The van der Waals surface area contributed by atoms with Crippen LogP contribution in [0.5, 0.6) is 23.0 Å². The number of nitriles is 1. The van der Waals surface area contributed by atoms with Crippen molar-refractivity contribution in [2.24, 2.45) is 0 Å². The number of halogens is 1. The van der Waals surface area contributed by atoms with E-state index in [1.165, 1.54) is 12.3 Å². The Labute approximate surface area is 219 Å². The van der Waals surface area contributed by atoms with E-state index in [4.69, 9.17) is 24.2 Å². The maximum absolute atomic E-state index is 14.8. The molecule has 0 saturated carbocycles. The Hall–Kier alpha value is -4.90. The Balaban J connectivity index is 1.35. The van der Waals surface area contributed by atoms with Crippen molar-refractivity contribution in [2.75, 3.05) is 13.2 Å². The van der Waals surface area contributed by atoms with Crippen LogP contribution >= 0.6 is 0 Å². The largest absolute Gasteiger partial charge is 0.488 e. The fourth-order valence-corrected chi connectivity index (χ4v) is 4.19. The van der Waals surface area contributed by atoms with Crippen molar-refractivity contribution in [2.45, 2.75) is 20.1 Å². The van der Waals surface area contributed by atoms with Crippen LogP contribution in [-0.2, 0) is 13.2 Å². The summed E-state index contributed by atoms with van der Waals surface area (Å²) in [4.78, 5) is 15.5. The minimum Gasteiger partial charge on any atom is -0.488 e. The molecule has 1 aromatic heterocycles. The maximum Gasteiger partial charge on any atom is 0.166 e. The van der Waals surface area contributed by atoms with Crippen LogP contribution in [0.4, 0.5) is 4.39 Å². The van der Waals surface area contributed by atoms with E-state index in [2.05, 4.69) is 4.98 Å². The van der Waals surface area contributed by atoms with Crippen molar-refractivity contribution in [3.8, 4) is 40.2 Å². The number of benzene rings is 3. The second kappa shape index (κ2) is 11.0. The summed E-state index contributed by atoms with van der Waals surface area (Å²) in [6, 6.07) is 17.8. The number of nitrogens with zero attached hydrogens (tertiary/aromatic N) is 2. The van der Waals surface area contributed by atoms with Gasteiger partial charge < -0.3 is 18.9 Å². The van der Waals surface area contributed by atoms with Crippen LogP contribution in [0, 0.1) is 24.1 Å². The fourth-order valence-electron chi connectivity index (χ4n) is 4.19. The number of carbonyl (C=O) groups is 1. The molecule has 0 N–H and O–H groups in total. The summed E-state index contributed by atoms with van der Waals surface area (Å²) < 4.78 is 37.7. The lowest BCUT2D eigenvalue weighted by Gasteiger charge is -2.20. The number of ether oxygens (including phenoxy) is 4. The Morgan fingerprint density at radius 1 is 1.00 bits per heavy atom. The first kappa shape index (κ1) is 24.8. The number of hydrogen-bond donors (Lipinski definition) is 0. The van der Waals surface area contributed by atoms with Crippen molar-refractivity contribution in [3.63, 3.8) is 0 Å². The van der Waals surface area contributed by atoms with Gasteiger partial charge in [0.15, 0.2) is 29.4 Å². The van der Waals surface area contributed by atoms with E-state index in [0.717, 1.165) is 34.1 Å². The van der Waals surface area contributed by atoms with E-state index in [0.29, 0.717) is 36.4 Å². The predicted molar refractivity (Wildman–Crippen MR) is 137 cm³/mol. The molecule has 0 fully saturated rings. The maximum atomic E-state index is 14.8. The van der Waals surface area contributed by atoms with E-state index in [1.807, 2.05) is 49.4 Å². The van der Waals surface area contributed by atoms with E-state index in [-0.39, 0.29) is 30.3 Å². The summed E-state index contributed by atoms with van der Waals surface area (Å²) in [5.74, 6) is 0.876. The van der Waals surface area contributed by atoms with Gasteiger partial charge in [-0.15, -0.1) is 0 Å². The Morgan fingerprint density at radius 2 is 1.82 bits per heavy atom. The molecule has 0 amide bonds. The number of aromatic nitrogens is 1. The highest BCUT2D eigenvalue weighted by atomic mass is 19.1. The lowest BCUT2D eigenvalue weighted by atomic mass is 9.96. The molecular formula is C30H23FN2O5. The second-order valence-corrected chi connectivity index (χ2v) is 8.66. The van der Waals surface area contributed by atoms with E-state index >= 15 is 0 Å². The van der Waals surface area contributed by atoms with Crippen molar-refractivity contribution in [1.29, 1.82) is 5.26 Å². The second-order valence-electron chi connectivity index (χ2n) is 8.66. The molecule has 1 aliphatic rings. The monoisotopic (exact) mass is 510 g/mol. The molecule has 3 aromatic carbocycles. The molecule has 0 bridgehead atoms. The summed E-state index contributed by atoms with van der Waals surface area (Å²) in [6.45, 7) is 3.17. The third kappa shape index (κ3) is 5.27. The average Bonchev–Trinajstić information content (AvgIpc) is 2.96. The molecule has 190 valence electrons. The van der Waals surface area contributed by atoms with Crippen LogP contribution in [0.1, 0.15) is 32.6 Å². The van der Waals surface area contributed by atoms with Crippen molar-refractivity contribution in [3.05, 3.63) is 101 Å². The first-order chi connectivity index (χ1) is 18.6. The molecule has 0 unspecified atom stereocenters. The summed E-state index contributed by atoms with van der Waals surface area (Å²) in [7, 11) is 0. The highest BCUT2D eigenvalue weighted by molar-refractivity contribution is 5.80. The molecule has 0 spiro atoms. The molecule has 1 aliphatic heterocycles. The lowest BCUT2D eigenvalue weighted by molar-refractivity contribution is 0.111. The van der Waals surface area contributed by atoms with Gasteiger partial charge in [-0.05, 0) is 53.4 Å². The van der Waals surface area contributed by atoms with Gasteiger partial charge in [-0.1, -0.05) is 24.3 Å². The molecule has 38 heavy (non-hydrogen) atoms. The topological polar surface area (TPSA) is 90.7 Å². The number of fused-ring (bicyclic) bond motifs is 1. The van der Waals surface area contributed by atoms with Gasteiger partial charge in [0, 0.05) is 24.0 Å². The molecule has 5 rings (SSSR count). The zero-order chi connectivity index (χ0) is 26.5. The predicted octanol–water partition coefficient (Wildman–Crippen LogP) is 5.81. The van der Waals surface area contributed by atoms with Crippen LogP contribution in [0.2, 0.25) is 0 Å². The standard InChI is InChI=1S/C30H23FN2O5/c1-19-23(3-2-4-25(19)22-5-6-27-30(11-22)36-8-7-35-27)18-38-29-12-28(24(16-34)10-26(29)31)37-17-21-9-20(13-32)14-33-15-21/h2-6,9-12,14-16H,7-8,17-18H2,1H3. The summed E-state index contributed by atoms with van der Waals surface area (Å²) >= 11 is 0. The quantitative estimate of drug-likeness (QED) is 0.276. The van der Waals surface area contributed by atoms with Crippen LogP contribution in [0.25, 0.3) is 11.1 Å². The van der Waals surface area contributed by atoms with Gasteiger partial charge in [0.2, 0.25) is 0 Å². The minimum atomic E-state index is -0.673. The summed E-state index contributed by atoms with van der Waals surface area (Å²) in [5, 5.41) is 9.05. The molecule has 4 aromatic rings. The minimum absolute atomic E-state index is 0.0429. The Morgan fingerprint density at radius 3 is 2.63 bits per heavy atom. The SMILES string of the molecule is Cc1c(COc2cc(OCc3cncc(C#N)c3)c(C=O)cc2F)cccc1-c1ccc2c(c1)OCCO2. The third-order valence-electron chi connectivity index (χ3n) is 6.19. The zero-order valence-corrected chi connectivity index (χ0v) is 20.6. The number of rotatable bonds is 8. The average molecular weight is 511 g/mol. The molecule has 8 heteroatoms. The van der Waals surface area contributed by atoms with Gasteiger partial charge in [0.1, 0.15) is 38.2 Å².